The first-order valence-corrected chi connectivity index (χ1v) is 21.0. The number of para-hydroxylation sites is 1. The zero-order chi connectivity index (χ0) is 43.0. The Balaban J connectivity index is 0.911. The molecule has 0 bridgehead atoms. The van der Waals surface area contributed by atoms with Crippen LogP contribution in [-0.2, 0) is 30.5 Å². The zero-order valence-electron chi connectivity index (χ0n) is 34.5. The second-order valence-electron chi connectivity index (χ2n) is 16.3. The average Bonchev–Trinajstić information content (AvgIpc) is 3.84. The molecule has 0 saturated carbocycles. The number of nitrogens with zero attached hydrogens (tertiary/aromatic N) is 5. The number of benzene rings is 2. The quantitative estimate of drug-likeness (QED) is 0.0954. The van der Waals surface area contributed by atoms with Crippen LogP contribution in [0, 0.1) is 12.3 Å². The van der Waals surface area contributed by atoms with Gasteiger partial charge in [-0.2, -0.15) is 0 Å². The van der Waals surface area contributed by atoms with Crippen molar-refractivity contribution in [3.63, 3.8) is 0 Å². The van der Waals surface area contributed by atoms with Crippen LogP contribution in [0.1, 0.15) is 38.3 Å². The van der Waals surface area contributed by atoms with Crippen molar-refractivity contribution in [1.29, 1.82) is 0 Å². The molecule has 7 N–H and O–H groups in total. The topological polar surface area (TPSA) is 216 Å². The lowest BCUT2D eigenvalue weighted by Gasteiger charge is -2.36. The number of hydrogen-bond donors (Lipinski definition) is 6. The van der Waals surface area contributed by atoms with Crippen LogP contribution < -0.4 is 26.6 Å². The van der Waals surface area contributed by atoms with Crippen LogP contribution in [0.2, 0.25) is 0 Å². The number of β-amino-alcohol motifs (C(OH)–C–C–N with tert-alkyl or cyclic N) is 1. The molecular weight excluding hydrogens is 787 g/mol. The number of phenolic OH excluding ortho intramolecular Hbond substituents is 1. The van der Waals surface area contributed by atoms with E-state index >= 15 is 0 Å². The summed E-state index contributed by atoms with van der Waals surface area (Å²) in [7, 11) is 0. The van der Waals surface area contributed by atoms with Crippen LogP contribution in [-0.4, -0.2) is 131 Å². The van der Waals surface area contributed by atoms with Gasteiger partial charge in [-0.05, 0) is 58.7 Å². The van der Waals surface area contributed by atoms with E-state index in [2.05, 4.69) is 49.4 Å². The number of nitrogen functional groups attached to an aromatic ring is 1. The number of carbonyl (C=O) groups excluding carboxylic acids is 4. The molecule has 2 saturated heterocycles. The van der Waals surface area contributed by atoms with Crippen LogP contribution in [0.15, 0.2) is 66.0 Å². The van der Waals surface area contributed by atoms with Crippen molar-refractivity contribution >= 4 is 46.5 Å². The van der Waals surface area contributed by atoms with Gasteiger partial charge < -0.3 is 46.4 Å². The number of aliphatic hydroxyl groups is 1. The van der Waals surface area contributed by atoms with Crippen molar-refractivity contribution in [2.45, 2.75) is 58.8 Å². The number of phenols is 1. The van der Waals surface area contributed by atoms with E-state index in [1.165, 1.54) is 15.3 Å². The molecule has 6 rings (SSSR count). The summed E-state index contributed by atoms with van der Waals surface area (Å²) in [4.78, 5) is 59.8. The number of aryl methyl sites for hydroxylation is 1. The van der Waals surface area contributed by atoms with Gasteiger partial charge in [0, 0.05) is 62.7 Å². The van der Waals surface area contributed by atoms with Gasteiger partial charge in [-0.15, -0.1) is 21.5 Å². The van der Waals surface area contributed by atoms with E-state index in [-0.39, 0.29) is 69.2 Å². The third-order valence-electron chi connectivity index (χ3n) is 10.7. The molecule has 17 heteroatoms. The Bertz CT molecular complexity index is 2130. The number of hydrogen-bond acceptors (Lipinski definition) is 13. The number of aliphatic hydroxyl groups excluding tert-OH is 1. The molecule has 60 heavy (non-hydrogen) atoms. The van der Waals surface area contributed by atoms with Crippen LogP contribution in [0.25, 0.3) is 21.7 Å². The van der Waals surface area contributed by atoms with E-state index in [4.69, 9.17) is 10.5 Å². The molecule has 320 valence electrons. The third kappa shape index (κ3) is 11.1. The van der Waals surface area contributed by atoms with Crippen molar-refractivity contribution in [2.75, 3.05) is 69.7 Å². The van der Waals surface area contributed by atoms with Gasteiger partial charge in [-0.1, -0.05) is 57.2 Å². The summed E-state index contributed by atoms with van der Waals surface area (Å²) >= 11 is 1.68. The number of anilines is 2. The van der Waals surface area contributed by atoms with E-state index in [0.717, 1.165) is 11.1 Å². The van der Waals surface area contributed by atoms with E-state index in [1.54, 1.807) is 29.5 Å². The van der Waals surface area contributed by atoms with Crippen molar-refractivity contribution in [3.8, 4) is 27.4 Å². The number of aromatic hydroxyl groups is 1. The molecule has 2 aliphatic heterocycles. The monoisotopic (exact) mass is 841 g/mol. The fourth-order valence-electron chi connectivity index (χ4n) is 7.37. The molecule has 3 atom stereocenters. The molecule has 16 nitrogen and oxygen atoms in total. The summed E-state index contributed by atoms with van der Waals surface area (Å²) < 4.78 is 5.55. The van der Waals surface area contributed by atoms with E-state index in [0.29, 0.717) is 43.1 Å². The summed E-state index contributed by atoms with van der Waals surface area (Å²) in [5, 5.41) is 39.6. The minimum Gasteiger partial charge on any atom is -0.507 e. The Kier molecular flexibility index (Phi) is 14.4. The second kappa shape index (κ2) is 19.6. The number of piperazine rings is 1. The fourth-order valence-corrected chi connectivity index (χ4v) is 8.31. The predicted molar refractivity (Wildman–Crippen MR) is 230 cm³/mol. The molecular formula is C43H55N9O7S. The van der Waals surface area contributed by atoms with E-state index in [9.17, 15) is 29.4 Å². The number of nitrogens with one attached hydrogen (secondary N) is 3. The van der Waals surface area contributed by atoms with Gasteiger partial charge in [0.2, 0.25) is 23.6 Å². The van der Waals surface area contributed by atoms with Gasteiger partial charge in [0.25, 0.3) is 0 Å². The highest BCUT2D eigenvalue weighted by atomic mass is 32.1. The van der Waals surface area contributed by atoms with Crippen molar-refractivity contribution in [2.24, 2.45) is 5.41 Å². The lowest BCUT2D eigenvalue weighted by Crippen LogP contribution is -2.58. The molecule has 2 fully saturated rings. The van der Waals surface area contributed by atoms with E-state index in [1.807, 2.05) is 62.1 Å². The number of rotatable bonds is 15. The maximum Gasteiger partial charge on any atom is 0.246 e. The van der Waals surface area contributed by atoms with Crippen LogP contribution in [0.3, 0.4) is 0 Å². The summed E-state index contributed by atoms with van der Waals surface area (Å²) in [6.07, 6.45) is -0.794. The maximum atomic E-state index is 13.9. The summed E-state index contributed by atoms with van der Waals surface area (Å²) in [6, 6.07) is 16.9. The SMILES string of the molecule is Cc1ccsc1-c1ccc(CNC(=O)[C@@H]2C[C@@H](O)CN2C(=O)[C@@H](NC(=O)COCCNC(=O)CN2CCN(c3cc(-c4ccccc4O)nnc3N)CC2)C(C)(C)C)cc1. The Morgan fingerprint density at radius 2 is 1.72 bits per heavy atom. The normalized spacial score (nSPS) is 17.6. The number of ether oxygens (including phenoxy) is 1. The second-order valence-corrected chi connectivity index (χ2v) is 17.2. The first kappa shape index (κ1) is 43.9. The summed E-state index contributed by atoms with van der Waals surface area (Å²) in [5.74, 6) is -1.16. The summed E-state index contributed by atoms with van der Waals surface area (Å²) in [6.45, 7) is 10.3. The summed E-state index contributed by atoms with van der Waals surface area (Å²) in [5.41, 5.74) is 10.4. The van der Waals surface area contributed by atoms with Gasteiger partial charge in [-0.25, -0.2) is 0 Å². The van der Waals surface area contributed by atoms with Crippen molar-refractivity contribution in [1.82, 2.24) is 35.9 Å². The number of amides is 4. The highest BCUT2D eigenvalue weighted by Crippen LogP contribution is 2.32. The lowest BCUT2D eigenvalue weighted by atomic mass is 9.85. The molecule has 2 aliphatic rings. The van der Waals surface area contributed by atoms with Gasteiger partial charge in [0.15, 0.2) is 5.82 Å². The standard InChI is InChI=1S/C43H55N9O7S/c1-27-13-20-60-38(27)29-11-9-28(10-12-29)23-46-41(57)34-21-30(53)24-52(34)42(58)39(43(2,3)4)47-37(56)26-59-19-14-45-36(55)25-50-15-17-51(18-16-50)33-22-32(48-49-40(33)44)31-7-5-6-8-35(31)54/h5-13,20,22,30,34,39,53-54H,14-19,21,23-26H2,1-4H3,(H2,44,49)(H,45,55)(H,46,57)(H,47,56)/t30-,34+,39-/m1/s1. The minimum atomic E-state index is -0.992. The number of likely N-dealkylation sites (tertiary alicyclic amines) is 1. The molecule has 4 aromatic rings. The first-order chi connectivity index (χ1) is 28.7. The highest BCUT2D eigenvalue weighted by Gasteiger charge is 2.44. The number of thiophene rings is 1. The van der Waals surface area contributed by atoms with Crippen LogP contribution in [0.4, 0.5) is 11.5 Å². The van der Waals surface area contributed by atoms with Gasteiger partial charge >= 0.3 is 0 Å². The Morgan fingerprint density at radius 3 is 2.40 bits per heavy atom. The molecule has 0 radical (unpaired) electrons. The molecule has 2 aromatic carbocycles. The van der Waals surface area contributed by atoms with E-state index < -0.39 is 35.4 Å². The third-order valence-corrected chi connectivity index (χ3v) is 11.8. The Morgan fingerprint density at radius 1 is 0.983 bits per heavy atom. The van der Waals surface area contributed by atoms with Gasteiger partial charge in [0.05, 0.1) is 30.6 Å². The number of nitrogens with two attached hydrogens (primary N) is 1. The Labute approximate surface area is 354 Å². The molecule has 4 heterocycles. The molecule has 0 aliphatic carbocycles. The number of aromatic nitrogens is 2. The maximum absolute atomic E-state index is 13.9. The Hall–Kier alpha value is -5.62. The highest BCUT2D eigenvalue weighted by molar-refractivity contribution is 7.13. The predicted octanol–water partition coefficient (Wildman–Crippen LogP) is 2.53. The molecule has 2 aromatic heterocycles. The van der Waals surface area contributed by atoms with Gasteiger partial charge in [0.1, 0.15) is 24.4 Å². The zero-order valence-corrected chi connectivity index (χ0v) is 35.3. The minimum absolute atomic E-state index is 0.0291. The molecule has 0 unspecified atom stereocenters. The number of carbonyl (C=O) groups is 4. The smallest absolute Gasteiger partial charge is 0.246 e. The largest absolute Gasteiger partial charge is 0.507 e. The van der Waals surface area contributed by atoms with Gasteiger partial charge in [-0.3, -0.25) is 24.1 Å². The first-order valence-electron chi connectivity index (χ1n) is 20.1. The molecule has 0 spiro atoms. The lowest BCUT2D eigenvalue weighted by molar-refractivity contribution is -0.144. The molecule has 4 amide bonds. The van der Waals surface area contributed by atoms with Crippen molar-refractivity contribution in [3.05, 3.63) is 77.2 Å². The van der Waals surface area contributed by atoms with Crippen LogP contribution in [0.5, 0.6) is 5.75 Å². The van der Waals surface area contributed by atoms with Crippen LogP contribution >= 0.6 is 11.3 Å². The van der Waals surface area contributed by atoms with Crippen molar-refractivity contribution < 1.29 is 34.1 Å². The average molecular weight is 842 g/mol. The fraction of sp³-hybridized carbons (Fsp3) is 0.442.